The molecule has 2 aliphatic rings. The SMILES string of the molecule is Cc1ccc(CN(C(=O)CCNC2CC2)C2CC2)o1. The van der Waals surface area contributed by atoms with Crippen LogP contribution < -0.4 is 5.32 Å². The predicted octanol–water partition coefficient (Wildman–Crippen LogP) is 2.22. The van der Waals surface area contributed by atoms with Gasteiger partial charge in [0.15, 0.2) is 0 Å². The van der Waals surface area contributed by atoms with E-state index in [1.807, 2.05) is 24.0 Å². The lowest BCUT2D eigenvalue weighted by Crippen LogP contribution is -2.34. The molecule has 2 aliphatic carbocycles. The van der Waals surface area contributed by atoms with Crippen molar-refractivity contribution in [1.29, 1.82) is 0 Å². The third-order valence-corrected chi connectivity index (χ3v) is 3.78. The molecule has 0 bridgehead atoms. The summed E-state index contributed by atoms with van der Waals surface area (Å²) in [5, 5.41) is 3.40. The van der Waals surface area contributed by atoms with E-state index in [0.717, 1.165) is 30.9 Å². The molecule has 0 atom stereocenters. The average molecular weight is 262 g/mol. The van der Waals surface area contributed by atoms with Crippen LogP contribution in [0.4, 0.5) is 0 Å². The lowest BCUT2D eigenvalue weighted by atomic mass is 10.3. The van der Waals surface area contributed by atoms with Crippen molar-refractivity contribution in [3.8, 4) is 0 Å². The lowest BCUT2D eigenvalue weighted by molar-refractivity contribution is -0.132. The minimum Gasteiger partial charge on any atom is -0.464 e. The zero-order valence-electron chi connectivity index (χ0n) is 11.5. The fraction of sp³-hybridized carbons (Fsp3) is 0.667. The van der Waals surface area contributed by atoms with Crippen LogP contribution in [0.25, 0.3) is 0 Å². The number of carbonyl (C=O) groups is 1. The van der Waals surface area contributed by atoms with E-state index in [0.29, 0.717) is 25.0 Å². The summed E-state index contributed by atoms with van der Waals surface area (Å²) in [5.74, 6) is 2.06. The van der Waals surface area contributed by atoms with Gasteiger partial charge in [-0.05, 0) is 44.7 Å². The van der Waals surface area contributed by atoms with Gasteiger partial charge in [0.2, 0.25) is 5.91 Å². The number of hydrogen-bond donors (Lipinski definition) is 1. The van der Waals surface area contributed by atoms with Crippen LogP contribution in [0, 0.1) is 6.92 Å². The second-order valence-corrected chi connectivity index (χ2v) is 5.74. The molecule has 0 saturated heterocycles. The van der Waals surface area contributed by atoms with E-state index in [4.69, 9.17) is 4.42 Å². The number of rotatable bonds is 7. The van der Waals surface area contributed by atoms with Crippen LogP contribution in [-0.4, -0.2) is 29.4 Å². The van der Waals surface area contributed by atoms with Crippen molar-refractivity contribution in [2.45, 2.75) is 57.7 Å². The van der Waals surface area contributed by atoms with E-state index in [1.54, 1.807) is 0 Å². The Labute approximate surface area is 114 Å². The molecule has 4 nitrogen and oxygen atoms in total. The van der Waals surface area contributed by atoms with Crippen LogP contribution in [0.3, 0.4) is 0 Å². The number of carbonyl (C=O) groups excluding carboxylic acids is 1. The van der Waals surface area contributed by atoms with Gasteiger partial charge in [0.25, 0.3) is 0 Å². The second-order valence-electron chi connectivity index (χ2n) is 5.74. The molecule has 3 rings (SSSR count). The highest BCUT2D eigenvalue weighted by molar-refractivity contribution is 5.77. The zero-order valence-corrected chi connectivity index (χ0v) is 11.5. The van der Waals surface area contributed by atoms with Gasteiger partial charge in [-0.2, -0.15) is 0 Å². The van der Waals surface area contributed by atoms with Gasteiger partial charge >= 0.3 is 0 Å². The Morgan fingerprint density at radius 2 is 2.16 bits per heavy atom. The Hall–Kier alpha value is -1.29. The molecule has 0 aromatic carbocycles. The maximum Gasteiger partial charge on any atom is 0.224 e. The molecule has 104 valence electrons. The highest BCUT2D eigenvalue weighted by atomic mass is 16.3. The molecule has 1 N–H and O–H groups in total. The van der Waals surface area contributed by atoms with Crippen LogP contribution in [0.5, 0.6) is 0 Å². The molecule has 0 radical (unpaired) electrons. The molecule has 19 heavy (non-hydrogen) atoms. The zero-order chi connectivity index (χ0) is 13.2. The summed E-state index contributed by atoms with van der Waals surface area (Å²) in [7, 11) is 0. The summed E-state index contributed by atoms with van der Waals surface area (Å²) < 4.78 is 5.59. The quantitative estimate of drug-likeness (QED) is 0.819. The Balaban J connectivity index is 1.52. The van der Waals surface area contributed by atoms with Crippen LogP contribution >= 0.6 is 0 Å². The van der Waals surface area contributed by atoms with Gasteiger partial charge in [-0.1, -0.05) is 0 Å². The summed E-state index contributed by atoms with van der Waals surface area (Å²) >= 11 is 0. The Bertz CT molecular complexity index is 447. The minimum atomic E-state index is 0.254. The van der Waals surface area contributed by atoms with Gasteiger partial charge in [-0.3, -0.25) is 4.79 Å². The van der Waals surface area contributed by atoms with Crippen molar-refractivity contribution >= 4 is 5.91 Å². The highest BCUT2D eigenvalue weighted by Gasteiger charge is 2.33. The van der Waals surface area contributed by atoms with Crippen molar-refractivity contribution in [3.05, 3.63) is 23.7 Å². The van der Waals surface area contributed by atoms with Crippen molar-refractivity contribution in [3.63, 3.8) is 0 Å². The summed E-state index contributed by atoms with van der Waals surface area (Å²) in [6, 6.07) is 5.05. The van der Waals surface area contributed by atoms with Crippen LogP contribution in [0.15, 0.2) is 16.5 Å². The summed E-state index contributed by atoms with van der Waals surface area (Å²) in [6.45, 7) is 3.37. The Kier molecular flexibility index (Phi) is 3.60. The van der Waals surface area contributed by atoms with Crippen molar-refractivity contribution < 1.29 is 9.21 Å². The molecule has 0 aliphatic heterocycles. The third-order valence-electron chi connectivity index (χ3n) is 3.78. The van der Waals surface area contributed by atoms with Gasteiger partial charge in [-0.15, -0.1) is 0 Å². The molecule has 4 heteroatoms. The van der Waals surface area contributed by atoms with Gasteiger partial charge in [0.1, 0.15) is 11.5 Å². The van der Waals surface area contributed by atoms with Crippen molar-refractivity contribution in [1.82, 2.24) is 10.2 Å². The number of nitrogens with zero attached hydrogens (tertiary/aromatic N) is 1. The first kappa shape index (κ1) is 12.7. The van der Waals surface area contributed by atoms with E-state index in [9.17, 15) is 4.79 Å². The first-order valence-electron chi connectivity index (χ1n) is 7.30. The molecular weight excluding hydrogens is 240 g/mol. The largest absolute Gasteiger partial charge is 0.464 e. The fourth-order valence-electron chi connectivity index (χ4n) is 2.36. The normalized spacial score (nSPS) is 18.6. The van der Waals surface area contributed by atoms with E-state index in [1.165, 1.54) is 12.8 Å². The van der Waals surface area contributed by atoms with Crippen LogP contribution in [0.2, 0.25) is 0 Å². The van der Waals surface area contributed by atoms with E-state index in [2.05, 4.69) is 5.32 Å². The fourth-order valence-corrected chi connectivity index (χ4v) is 2.36. The summed E-state index contributed by atoms with van der Waals surface area (Å²) in [6.07, 6.45) is 5.42. The highest BCUT2D eigenvalue weighted by Crippen LogP contribution is 2.29. The summed E-state index contributed by atoms with van der Waals surface area (Å²) in [5.41, 5.74) is 0. The average Bonchev–Trinajstić information content (AvgIpc) is 3.27. The first-order chi connectivity index (χ1) is 9.22. The molecular formula is C15H22N2O2. The van der Waals surface area contributed by atoms with Gasteiger partial charge in [0.05, 0.1) is 6.54 Å². The second kappa shape index (κ2) is 5.37. The third kappa shape index (κ3) is 3.60. The summed E-state index contributed by atoms with van der Waals surface area (Å²) in [4.78, 5) is 14.3. The van der Waals surface area contributed by atoms with Gasteiger partial charge < -0.3 is 14.6 Å². The van der Waals surface area contributed by atoms with Crippen molar-refractivity contribution in [2.24, 2.45) is 0 Å². The van der Waals surface area contributed by atoms with E-state index >= 15 is 0 Å². The number of amides is 1. The topological polar surface area (TPSA) is 45.5 Å². The number of nitrogens with one attached hydrogen (secondary N) is 1. The van der Waals surface area contributed by atoms with Gasteiger partial charge in [-0.25, -0.2) is 0 Å². The smallest absolute Gasteiger partial charge is 0.224 e. The molecule has 0 unspecified atom stereocenters. The minimum absolute atomic E-state index is 0.254. The Morgan fingerprint density at radius 3 is 2.74 bits per heavy atom. The van der Waals surface area contributed by atoms with Crippen molar-refractivity contribution in [2.75, 3.05) is 6.54 Å². The number of furan rings is 1. The Morgan fingerprint density at radius 1 is 1.37 bits per heavy atom. The van der Waals surface area contributed by atoms with E-state index in [-0.39, 0.29) is 5.91 Å². The van der Waals surface area contributed by atoms with E-state index < -0.39 is 0 Å². The molecule has 1 heterocycles. The maximum atomic E-state index is 12.3. The van der Waals surface area contributed by atoms with Crippen LogP contribution in [-0.2, 0) is 11.3 Å². The molecule has 0 spiro atoms. The first-order valence-corrected chi connectivity index (χ1v) is 7.30. The molecule has 1 aromatic heterocycles. The molecule has 1 aromatic rings. The molecule has 1 amide bonds. The molecule has 2 fully saturated rings. The predicted molar refractivity (Wildman–Crippen MR) is 72.7 cm³/mol. The van der Waals surface area contributed by atoms with Gasteiger partial charge in [0, 0.05) is 25.0 Å². The maximum absolute atomic E-state index is 12.3. The van der Waals surface area contributed by atoms with Crippen LogP contribution in [0.1, 0.15) is 43.6 Å². The number of hydrogen-bond acceptors (Lipinski definition) is 3. The monoisotopic (exact) mass is 262 g/mol. The standard InChI is InChI=1S/C15H22N2O2/c1-11-2-7-14(19-11)10-17(13-5-6-13)15(18)8-9-16-12-3-4-12/h2,7,12-13,16H,3-6,8-10H2,1H3. The lowest BCUT2D eigenvalue weighted by Gasteiger charge is -2.21. The molecule has 2 saturated carbocycles. The number of aryl methyl sites for hydroxylation is 1.